The molecule has 0 radical (unpaired) electrons. The van der Waals surface area contributed by atoms with Crippen LogP contribution in [0.15, 0.2) is 18.2 Å². The summed E-state index contributed by atoms with van der Waals surface area (Å²) in [7, 11) is 0. The maximum Gasteiger partial charge on any atom is 0.271 e. The second-order valence-corrected chi connectivity index (χ2v) is 3.13. The molecule has 0 aliphatic carbocycles. The number of nitro benzene ring substituents is 1. The number of nitro groups is 2. The van der Waals surface area contributed by atoms with Crippen molar-refractivity contribution in [3.8, 4) is 0 Å². The van der Waals surface area contributed by atoms with Crippen LogP contribution in [0.4, 0.5) is 5.69 Å². The molecule has 0 atom stereocenters. The molecule has 0 saturated heterocycles. The van der Waals surface area contributed by atoms with Gasteiger partial charge in [-0.15, -0.1) is 0 Å². The molecule has 0 saturated carbocycles. The van der Waals surface area contributed by atoms with Crippen LogP contribution in [0.5, 0.6) is 0 Å². The van der Waals surface area contributed by atoms with Crippen molar-refractivity contribution in [1.82, 2.24) is 9.97 Å². The summed E-state index contributed by atoms with van der Waals surface area (Å²) in [4.78, 5) is 26.3. The van der Waals surface area contributed by atoms with Crippen LogP contribution < -0.4 is 0 Å². The lowest BCUT2D eigenvalue weighted by Gasteiger charge is -1.89. The van der Waals surface area contributed by atoms with Crippen LogP contribution in [0, 0.1) is 20.2 Å². The lowest BCUT2D eigenvalue weighted by molar-refractivity contribution is -0.498. The molecule has 2 aromatic rings. The molecule has 0 bridgehead atoms. The molecule has 82 valence electrons. The summed E-state index contributed by atoms with van der Waals surface area (Å²) in [6.45, 7) is -0.428. The number of nitrogens with one attached hydrogen (secondary N) is 1. The van der Waals surface area contributed by atoms with E-state index in [1.165, 1.54) is 18.2 Å². The van der Waals surface area contributed by atoms with Gasteiger partial charge in [0.2, 0.25) is 0 Å². The van der Waals surface area contributed by atoms with E-state index in [-0.39, 0.29) is 11.5 Å². The minimum Gasteiger partial charge on any atom is -0.336 e. The number of imidazole rings is 1. The van der Waals surface area contributed by atoms with E-state index in [0.29, 0.717) is 11.0 Å². The highest BCUT2D eigenvalue weighted by Crippen LogP contribution is 2.18. The first-order valence-corrected chi connectivity index (χ1v) is 4.31. The number of hydrogen-bond acceptors (Lipinski definition) is 5. The first kappa shape index (κ1) is 10.0. The fraction of sp³-hybridized carbons (Fsp3) is 0.125. The Kier molecular flexibility index (Phi) is 2.24. The Labute approximate surface area is 88.2 Å². The van der Waals surface area contributed by atoms with E-state index in [0.717, 1.165) is 0 Å². The molecule has 8 nitrogen and oxygen atoms in total. The van der Waals surface area contributed by atoms with Gasteiger partial charge in [-0.2, -0.15) is 0 Å². The van der Waals surface area contributed by atoms with Gasteiger partial charge in [0.1, 0.15) is 0 Å². The third kappa shape index (κ3) is 1.80. The second-order valence-electron chi connectivity index (χ2n) is 3.13. The zero-order valence-corrected chi connectivity index (χ0v) is 7.91. The number of nitrogens with zero attached hydrogens (tertiary/aromatic N) is 3. The molecule has 16 heavy (non-hydrogen) atoms. The molecule has 0 fully saturated rings. The normalized spacial score (nSPS) is 10.5. The van der Waals surface area contributed by atoms with E-state index >= 15 is 0 Å². The van der Waals surface area contributed by atoms with Gasteiger partial charge in [-0.05, 0) is 6.07 Å². The Hall–Kier alpha value is -2.51. The second kappa shape index (κ2) is 3.57. The molecule has 1 N–H and O–H groups in total. The van der Waals surface area contributed by atoms with Gasteiger partial charge in [-0.25, -0.2) is 4.98 Å². The predicted octanol–water partition coefficient (Wildman–Crippen LogP) is 1.25. The van der Waals surface area contributed by atoms with E-state index in [1.54, 1.807) is 0 Å². The Morgan fingerprint density at radius 2 is 2.06 bits per heavy atom. The minimum absolute atomic E-state index is 0.0798. The van der Waals surface area contributed by atoms with Crippen molar-refractivity contribution in [3.63, 3.8) is 0 Å². The Bertz CT molecular complexity index is 576. The smallest absolute Gasteiger partial charge is 0.271 e. The quantitative estimate of drug-likeness (QED) is 0.619. The monoisotopic (exact) mass is 222 g/mol. The maximum absolute atomic E-state index is 10.5. The predicted molar refractivity (Wildman–Crippen MR) is 53.4 cm³/mol. The standard InChI is InChI=1S/C8H6N4O4/c13-11(14)4-8-9-6-2-1-5(12(15)16)3-7(6)10-8/h1-3H,4H2,(H,9,10). The van der Waals surface area contributed by atoms with Crippen LogP contribution >= 0.6 is 0 Å². The minimum atomic E-state index is -0.534. The van der Waals surface area contributed by atoms with Gasteiger partial charge in [0, 0.05) is 17.1 Å². The van der Waals surface area contributed by atoms with E-state index < -0.39 is 16.4 Å². The Balaban J connectivity index is 2.45. The summed E-state index contributed by atoms with van der Waals surface area (Å²) in [6.07, 6.45) is 0. The summed E-state index contributed by atoms with van der Waals surface area (Å²) in [5.74, 6) is 0.181. The van der Waals surface area contributed by atoms with Crippen LogP contribution in [0.1, 0.15) is 5.82 Å². The molecule has 0 aliphatic heterocycles. The molecule has 8 heteroatoms. The number of hydrogen-bond donors (Lipinski definition) is 1. The van der Waals surface area contributed by atoms with E-state index in [1.807, 2.05) is 0 Å². The zero-order chi connectivity index (χ0) is 11.7. The average Bonchev–Trinajstić information content (AvgIpc) is 2.56. The van der Waals surface area contributed by atoms with Gasteiger partial charge < -0.3 is 4.98 Å². The van der Waals surface area contributed by atoms with Crippen molar-refractivity contribution in [3.05, 3.63) is 44.3 Å². The molecule has 0 amide bonds. The van der Waals surface area contributed by atoms with Gasteiger partial charge in [0.15, 0.2) is 5.82 Å². The number of benzene rings is 1. The van der Waals surface area contributed by atoms with Crippen molar-refractivity contribution in [2.75, 3.05) is 0 Å². The highest BCUT2D eigenvalue weighted by molar-refractivity contribution is 5.77. The van der Waals surface area contributed by atoms with Gasteiger partial charge in [-0.3, -0.25) is 20.2 Å². The largest absolute Gasteiger partial charge is 0.336 e. The average molecular weight is 222 g/mol. The van der Waals surface area contributed by atoms with Gasteiger partial charge >= 0.3 is 0 Å². The van der Waals surface area contributed by atoms with Crippen LogP contribution in [0.2, 0.25) is 0 Å². The van der Waals surface area contributed by atoms with Crippen molar-refractivity contribution in [2.24, 2.45) is 0 Å². The van der Waals surface area contributed by atoms with Gasteiger partial charge in [0.05, 0.1) is 16.0 Å². The molecule has 0 unspecified atom stereocenters. The van der Waals surface area contributed by atoms with Crippen molar-refractivity contribution in [1.29, 1.82) is 0 Å². The van der Waals surface area contributed by atoms with E-state index in [4.69, 9.17) is 0 Å². The first-order valence-electron chi connectivity index (χ1n) is 4.31. The maximum atomic E-state index is 10.5. The molecule has 1 aromatic heterocycles. The third-order valence-corrected chi connectivity index (χ3v) is 2.00. The zero-order valence-electron chi connectivity index (χ0n) is 7.91. The van der Waals surface area contributed by atoms with Gasteiger partial charge in [-0.1, -0.05) is 0 Å². The van der Waals surface area contributed by atoms with Crippen molar-refractivity contribution < 1.29 is 9.85 Å². The van der Waals surface area contributed by atoms with Crippen LogP contribution in [-0.2, 0) is 6.54 Å². The van der Waals surface area contributed by atoms with Crippen molar-refractivity contribution >= 4 is 16.7 Å². The summed E-state index contributed by atoms with van der Waals surface area (Å²) < 4.78 is 0. The third-order valence-electron chi connectivity index (χ3n) is 2.00. The molecule has 1 heterocycles. The number of H-pyrrole nitrogens is 1. The van der Waals surface area contributed by atoms with Gasteiger partial charge in [0.25, 0.3) is 12.2 Å². The number of aromatic nitrogens is 2. The number of rotatable bonds is 3. The van der Waals surface area contributed by atoms with E-state index in [2.05, 4.69) is 9.97 Å². The molecular formula is C8H6N4O4. The lowest BCUT2D eigenvalue weighted by Crippen LogP contribution is -1.99. The summed E-state index contributed by atoms with van der Waals surface area (Å²) in [5.41, 5.74) is 0.817. The molecule has 0 aliphatic rings. The highest BCUT2D eigenvalue weighted by atomic mass is 16.6. The van der Waals surface area contributed by atoms with Crippen LogP contribution in [0.3, 0.4) is 0 Å². The first-order chi connectivity index (χ1) is 7.56. The topological polar surface area (TPSA) is 115 Å². The molecule has 0 spiro atoms. The van der Waals surface area contributed by atoms with E-state index in [9.17, 15) is 20.2 Å². The van der Waals surface area contributed by atoms with Crippen LogP contribution in [0.25, 0.3) is 11.0 Å². The lowest BCUT2D eigenvalue weighted by atomic mass is 10.3. The summed E-state index contributed by atoms with van der Waals surface area (Å²) in [6, 6.07) is 4.05. The molecule has 2 rings (SSSR count). The fourth-order valence-corrected chi connectivity index (χ4v) is 1.36. The van der Waals surface area contributed by atoms with Crippen molar-refractivity contribution in [2.45, 2.75) is 6.54 Å². The SMILES string of the molecule is O=[N+]([O-])Cc1nc2ccc([N+](=O)[O-])cc2[nH]1. The Morgan fingerprint density at radius 3 is 2.69 bits per heavy atom. The summed E-state index contributed by atoms with van der Waals surface area (Å²) >= 11 is 0. The van der Waals surface area contributed by atoms with Crippen LogP contribution in [-0.4, -0.2) is 19.8 Å². The highest BCUT2D eigenvalue weighted by Gasteiger charge is 2.11. The number of aromatic amines is 1. The fourth-order valence-electron chi connectivity index (χ4n) is 1.36. The molecule has 1 aromatic carbocycles. The number of non-ortho nitro benzene ring substituents is 1. The number of fused-ring (bicyclic) bond motifs is 1. The summed E-state index contributed by atoms with van der Waals surface area (Å²) in [5, 5.41) is 20.8. The Morgan fingerprint density at radius 1 is 1.31 bits per heavy atom. The molecular weight excluding hydrogens is 216 g/mol.